The average molecular weight is 401 g/mol. The number of hydrogen-bond donors (Lipinski definition) is 2. The van der Waals surface area contributed by atoms with Crippen molar-refractivity contribution >= 4 is 29.1 Å². The van der Waals surface area contributed by atoms with Crippen molar-refractivity contribution in [1.29, 1.82) is 0 Å². The summed E-state index contributed by atoms with van der Waals surface area (Å²) in [6, 6.07) is 14.8. The summed E-state index contributed by atoms with van der Waals surface area (Å²) in [5, 5.41) is 6.55. The molecule has 2 N–H and O–H groups in total. The third-order valence-electron chi connectivity index (χ3n) is 5.21. The quantitative estimate of drug-likeness (QED) is 0.789. The van der Waals surface area contributed by atoms with Gasteiger partial charge >= 0.3 is 0 Å². The van der Waals surface area contributed by atoms with Crippen molar-refractivity contribution < 1.29 is 14.3 Å². The van der Waals surface area contributed by atoms with Gasteiger partial charge in [0.25, 0.3) is 0 Å². The van der Waals surface area contributed by atoms with Gasteiger partial charge < -0.3 is 15.4 Å². The molecule has 1 aliphatic heterocycles. The summed E-state index contributed by atoms with van der Waals surface area (Å²) in [5.41, 5.74) is 1.89. The normalized spacial score (nSPS) is 16.8. The topological polar surface area (TPSA) is 67.4 Å². The van der Waals surface area contributed by atoms with E-state index in [1.807, 2.05) is 55.5 Å². The number of ether oxygens (including phenoxy) is 1. The van der Waals surface area contributed by atoms with E-state index in [4.69, 9.17) is 16.3 Å². The minimum absolute atomic E-state index is 0.0319. The number of carbonyl (C=O) groups excluding carboxylic acids is 2. The molecule has 0 radical (unpaired) electrons. The van der Waals surface area contributed by atoms with Crippen LogP contribution in [0.4, 0.5) is 5.69 Å². The molecule has 1 atom stereocenters. The van der Waals surface area contributed by atoms with E-state index in [1.54, 1.807) is 0 Å². The van der Waals surface area contributed by atoms with Crippen molar-refractivity contribution in [2.45, 2.75) is 38.1 Å². The standard InChI is InChI=1S/C22H25ClN2O3/c1-15(17-5-3-8-20(13-17)25-16(2)26)24-21(27)22(9-11-28-12-10-22)18-6-4-7-19(23)14-18/h3-8,13-15H,9-12H2,1-2H3,(H,24,27)(H,25,26). The van der Waals surface area contributed by atoms with Crippen LogP contribution < -0.4 is 10.6 Å². The van der Waals surface area contributed by atoms with E-state index < -0.39 is 5.41 Å². The molecule has 28 heavy (non-hydrogen) atoms. The number of nitrogens with one attached hydrogen (secondary N) is 2. The van der Waals surface area contributed by atoms with Crippen molar-refractivity contribution in [3.63, 3.8) is 0 Å². The van der Waals surface area contributed by atoms with E-state index in [9.17, 15) is 9.59 Å². The Bertz CT molecular complexity index is 862. The van der Waals surface area contributed by atoms with Gasteiger partial charge in [-0.3, -0.25) is 9.59 Å². The van der Waals surface area contributed by atoms with Gasteiger partial charge in [-0.2, -0.15) is 0 Å². The highest BCUT2D eigenvalue weighted by Gasteiger charge is 2.42. The lowest BCUT2D eigenvalue weighted by Crippen LogP contribution is -2.48. The van der Waals surface area contributed by atoms with Crippen LogP contribution in [-0.4, -0.2) is 25.0 Å². The van der Waals surface area contributed by atoms with E-state index in [0.717, 1.165) is 11.1 Å². The molecule has 0 aromatic heterocycles. The zero-order chi connectivity index (χ0) is 20.1. The molecule has 148 valence electrons. The Kier molecular flexibility index (Phi) is 6.37. The lowest BCUT2D eigenvalue weighted by atomic mass is 9.73. The van der Waals surface area contributed by atoms with E-state index in [1.165, 1.54) is 6.92 Å². The van der Waals surface area contributed by atoms with Gasteiger partial charge in [-0.25, -0.2) is 0 Å². The molecule has 0 bridgehead atoms. The van der Waals surface area contributed by atoms with Crippen LogP contribution in [0.2, 0.25) is 5.02 Å². The highest BCUT2D eigenvalue weighted by Crippen LogP contribution is 2.37. The fourth-order valence-electron chi connectivity index (χ4n) is 3.66. The smallest absolute Gasteiger partial charge is 0.231 e. The molecule has 1 aliphatic rings. The summed E-state index contributed by atoms with van der Waals surface area (Å²) in [7, 11) is 0. The summed E-state index contributed by atoms with van der Waals surface area (Å²) in [6.07, 6.45) is 1.22. The number of anilines is 1. The number of amides is 2. The highest BCUT2D eigenvalue weighted by molar-refractivity contribution is 6.30. The van der Waals surface area contributed by atoms with Crippen molar-refractivity contribution in [1.82, 2.24) is 5.32 Å². The van der Waals surface area contributed by atoms with Crippen molar-refractivity contribution in [2.75, 3.05) is 18.5 Å². The third-order valence-corrected chi connectivity index (χ3v) is 5.45. The largest absolute Gasteiger partial charge is 0.381 e. The minimum atomic E-state index is -0.660. The van der Waals surface area contributed by atoms with E-state index >= 15 is 0 Å². The number of halogens is 1. The lowest BCUT2D eigenvalue weighted by molar-refractivity contribution is -0.131. The van der Waals surface area contributed by atoms with Gasteiger partial charge in [0.05, 0.1) is 11.5 Å². The first kappa shape index (κ1) is 20.4. The molecule has 5 nitrogen and oxygen atoms in total. The van der Waals surface area contributed by atoms with Gasteiger partial charge in [-0.1, -0.05) is 35.9 Å². The fourth-order valence-corrected chi connectivity index (χ4v) is 3.85. The Balaban J connectivity index is 1.83. The van der Waals surface area contributed by atoms with Crippen LogP contribution >= 0.6 is 11.6 Å². The summed E-state index contributed by atoms with van der Waals surface area (Å²) in [5.74, 6) is -0.161. The predicted octanol–water partition coefficient (Wildman–Crippen LogP) is 4.22. The maximum absolute atomic E-state index is 13.4. The molecule has 3 rings (SSSR count). The van der Waals surface area contributed by atoms with Crippen LogP contribution in [-0.2, 0) is 19.7 Å². The maximum atomic E-state index is 13.4. The monoisotopic (exact) mass is 400 g/mol. The second-order valence-corrected chi connectivity index (χ2v) is 7.64. The number of benzene rings is 2. The molecule has 0 saturated carbocycles. The van der Waals surface area contributed by atoms with Crippen LogP contribution in [0.15, 0.2) is 48.5 Å². The summed E-state index contributed by atoms with van der Waals surface area (Å²) < 4.78 is 5.52. The molecule has 1 heterocycles. The van der Waals surface area contributed by atoms with Gasteiger partial charge in [0, 0.05) is 30.8 Å². The Morgan fingerprint density at radius 3 is 2.50 bits per heavy atom. The first-order chi connectivity index (χ1) is 13.4. The second-order valence-electron chi connectivity index (χ2n) is 7.21. The first-order valence-electron chi connectivity index (χ1n) is 9.43. The highest BCUT2D eigenvalue weighted by atomic mass is 35.5. The fraction of sp³-hybridized carbons (Fsp3) is 0.364. The number of hydrogen-bond acceptors (Lipinski definition) is 3. The van der Waals surface area contributed by atoms with Crippen LogP contribution in [0.25, 0.3) is 0 Å². The average Bonchev–Trinajstić information content (AvgIpc) is 2.68. The Labute approximate surface area is 170 Å². The zero-order valence-corrected chi connectivity index (χ0v) is 16.9. The van der Waals surface area contributed by atoms with E-state index in [0.29, 0.717) is 36.8 Å². The van der Waals surface area contributed by atoms with Gasteiger partial charge in [-0.05, 0) is 55.2 Å². The van der Waals surface area contributed by atoms with E-state index in [2.05, 4.69) is 10.6 Å². The Morgan fingerprint density at radius 2 is 1.82 bits per heavy atom. The van der Waals surface area contributed by atoms with Crippen LogP contribution in [0.1, 0.15) is 43.9 Å². The Hall–Kier alpha value is -2.37. The molecule has 2 aromatic rings. The predicted molar refractivity (Wildman–Crippen MR) is 110 cm³/mol. The number of rotatable bonds is 5. The van der Waals surface area contributed by atoms with Crippen LogP contribution in [0, 0.1) is 0 Å². The SMILES string of the molecule is CC(=O)Nc1cccc(C(C)NC(=O)C2(c3cccc(Cl)c3)CCOCC2)c1. The summed E-state index contributed by atoms with van der Waals surface area (Å²) >= 11 is 6.19. The van der Waals surface area contributed by atoms with Crippen LogP contribution in [0.3, 0.4) is 0 Å². The molecule has 0 spiro atoms. The summed E-state index contributed by atoms with van der Waals surface area (Å²) in [4.78, 5) is 24.7. The molecular formula is C22H25ClN2O3. The van der Waals surface area contributed by atoms with Gasteiger partial charge in [-0.15, -0.1) is 0 Å². The molecule has 1 unspecified atom stereocenters. The van der Waals surface area contributed by atoms with Crippen molar-refractivity contribution in [3.8, 4) is 0 Å². The van der Waals surface area contributed by atoms with E-state index in [-0.39, 0.29) is 17.9 Å². The molecule has 1 saturated heterocycles. The van der Waals surface area contributed by atoms with Gasteiger partial charge in [0.15, 0.2) is 0 Å². The molecule has 2 amide bonds. The maximum Gasteiger partial charge on any atom is 0.231 e. The first-order valence-corrected chi connectivity index (χ1v) is 9.81. The van der Waals surface area contributed by atoms with Crippen molar-refractivity contribution in [3.05, 3.63) is 64.7 Å². The third kappa shape index (κ3) is 4.54. The minimum Gasteiger partial charge on any atom is -0.381 e. The summed E-state index contributed by atoms with van der Waals surface area (Å²) in [6.45, 7) is 4.48. The van der Waals surface area contributed by atoms with Crippen molar-refractivity contribution in [2.24, 2.45) is 0 Å². The zero-order valence-electron chi connectivity index (χ0n) is 16.1. The number of carbonyl (C=O) groups is 2. The molecule has 6 heteroatoms. The molecule has 1 fully saturated rings. The molecule has 0 aliphatic carbocycles. The second kappa shape index (κ2) is 8.76. The van der Waals surface area contributed by atoms with Crippen LogP contribution in [0.5, 0.6) is 0 Å². The van der Waals surface area contributed by atoms with Gasteiger partial charge in [0.2, 0.25) is 11.8 Å². The Morgan fingerprint density at radius 1 is 1.11 bits per heavy atom. The van der Waals surface area contributed by atoms with Gasteiger partial charge in [0.1, 0.15) is 0 Å². The lowest BCUT2D eigenvalue weighted by Gasteiger charge is -2.37. The molecular weight excluding hydrogens is 376 g/mol. The molecule has 2 aromatic carbocycles.